The van der Waals surface area contributed by atoms with Crippen LogP contribution in [0.4, 0.5) is 0 Å². The Hall–Kier alpha value is -1.10. The highest BCUT2D eigenvalue weighted by Gasteiger charge is 2.05. The Morgan fingerprint density at radius 3 is 2.86 bits per heavy atom. The Bertz CT molecular complexity index is 537. The second-order valence-corrected chi connectivity index (χ2v) is 5.49. The summed E-state index contributed by atoms with van der Waals surface area (Å²) in [5.74, 6) is 0.917. The van der Waals surface area contributed by atoms with Crippen molar-refractivity contribution >= 4 is 28.3 Å². The van der Waals surface area contributed by atoms with Crippen LogP contribution in [0, 0.1) is 0 Å². The maximum atomic E-state index is 5.91. The normalized spacial score (nSPS) is 10.0. The van der Waals surface area contributed by atoms with Crippen LogP contribution in [0.25, 0.3) is 0 Å². The van der Waals surface area contributed by atoms with Gasteiger partial charge in [0, 0.05) is 34.5 Å². The quantitative estimate of drug-likeness (QED) is 0.735. The van der Waals surface area contributed by atoms with E-state index in [1.54, 1.807) is 6.20 Å². The molecule has 2 aromatic rings. The summed E-state index contributed by atoms with van der Waals surface area (Å²) in [6.07, 6.45) is 4.72. The van der Waals surface area contributed by atoms with Crippen molar-refractivity contribution in [2.24, 2.45) is 0 Å². The number of halogens is 2. The number of pyridine rings is 1. The van der Waals surface area contributed by atoms with Crippen LogP contribution in [0.15, 0.2) is 47.2 Å². The van der Waals surface area contributed by atoms with E-state index in [-0.39, 0.29) is 12.4 Å². The van der Waals surface area contributed by atoms with E-state index in [9.17, 15) is 0 Å². The van der Waals surface area contributed by atoms with Gasteiger partial charge in [0.05, 0.1) is 0 Å². The average Bonchev–Trinajstić information content (AvgIpc) is 2.48. The Labute approximate surface area is 140 Å². The molecule has 5 heteroatoms. The molecule has 1 aromatic heterocycles. The molecule has 114 valence electrons. The first-order chi connectivity index (χ1) is 9.79. The van der Waals surface area contributed by atoms with Crippen LogP contribution in [0.3, 0.4) is 0 Å². The first-order valence-electron chi connectivity index (χ1n) is 6.80. The number of benzene rings is 1. The standard InChI is InChI=1S/C16H19BrN2O.ClH/c1-2-7-18-11-14-9-15(17)5-6-16(14)20-12-13-4-3-8-19-10-13;/h3-6,8-10,18H,2,7,11-12H2,1H3;1H. The third-order valence-electron chi connectivity index (χ3n) is 2.88. The molecule has 0 aliphatic heterocycles. The number of nitrogens with zero attached hydrogens (tertiary/aromatic N) is 1. The maximum absolute atomic E-state index is 5.91. The predicted molar refractivity (Wildman–Crippen MR) is 92.0 cm³/mol. The summed E-state index contributed by atoms with van der Waals surface area (Å²) in [6.45, 7) is 4.52. The van der Waals surface area contributed by atoms with Gasteiger partial charge in [-0.3, -0.25) is 4.98 Å². The Morgan fingerprint density at radius 1 is 1.29 bits per heavy atom. The summed E-state index contributed by atoms with van der Waals surface area (Å²) in [7, 11) is 0. The Kier molecular flexibility index (Phi) is 8.35. The van der Waals surface area contributed by atoms with Crippen molar-refractivity contribution in [3.8, 4) is 5.75 Å². The molecule has 0 atom stereocenters. The van der Waals surface area contributed by atoms with Crippen LogP contribution in [0.1, 0.15) is 24.5 Å². The van der Waals surface area contributed by atoms with E-state index in [1.165, 1.54) is 0 Å². The zero-order valence-corrected chi connectivity index (χ0v) is 14.4. The van der Waals surface area contributed by atoms with Crippen molar-refractivity contribution in [3.05, 3.63) is 58.3 Å². The molecule has 0 saturated heterocycles. The molecule has 0 bridgehead atoms. The van der Waals surface area contributed by atoms with Gasteiger partial charge in [-0.25, -0.2) is 0 Å². The molecule has 0 unspecified atom stereocenters. The predicted octanol–water partition coefficient (Wildman–Crippen LogP) is 4.34. The highest BCUT2D eigenvalue weighted by Crippen LogP contribution is 2.24. The first kappa shape index (κ1) is 18.0. The van der Waals surface area contributed by atoms with Gasteiger partial charge in [0.25, 0.3) is 0 Å². The fourth-order valence-electron chi connectivity index (χ4n) is 1.87. The zero-order chi connectivity index (χ0) is 14.2. The van der Waals surface area contributed by atoms with Gasteiger partial charge >= 0.3 is 0 Å². The molecule has 0 aliphatic carbocycles. The minimum Gasteiger partial charge on any atom is -0.489 e. The summed E-state index contributed by atoms with van der Waals surface area (Å²) >= 11 is 3.51. The fourth-order valence-corrected chi connectivity index (χ4v) is 2.28. The van der Waals surface area contributed by atoms with Gasteiger partial charge in [-0.1, -0.05) is 28.9 Å². The van der Waals surface area contributed by atoms with Crippen molar-refractivity contribution in [1.29, 1.82) is 0 Å². The highest BCUT2D eigenvalue weighted by atomic mass is 79.9. The number of nitrogens with one attached hydrogen (secondary N) is 1. The topological polar surface area (TPSA) is 34.1 Å². The minimum atomic E-state index is 0. The monoisotopic (exact) mass is 370 g/mol. The molecule has 1 heterocycles. The molecule has 0 saturated carbocycles. The molecule has 0 radical (unpaired) electrons. The number of aromatic nitrogens is 1. The van der Waals surface area contributed by atoms with Crippen LogP contribution < -0.4 is 10.1 Å². The molecular formula is C16H20BrClN2O. The van der Waals surface area contributed by atoms with Crippen LogP contribution >= 0.6 is 28.3 Å². The van der Waals surface area contributed by atoms with Crippen molar-refractivity contribution in [1.82, 2.24) is 10.3 Å². The van der Waals surface area contributed by atoms with Gasteiger partial charge in [0.15, 0.2) is 0 Å². The molecule has 0 amide bonds. The first-order valence-corrected chi connectivity index (χ1v) is 7.59. The second kappa shape index (κ2) is 9.77. The average molecular weight is 372 g/mol. The highest BCUT2D eigenvalue weighted by molar-refractivity contribution is 9.10. The van der Waals surface area contributed by atoms with Crippen molar-refractivity contribution in [2.75, 3.05) is 6.54 Å². The molecule has 2 rings (SSSR count). The van der Waals surface area contributed by atoms with Crippen LogP contribution in [0.2, 0.25) is 0 Å². The Morgan fingerprint density at radius 2 is 2.14 bits per heavy atom. The lowest BCUT2D eigenvalue weighted by Gasteiger charge is -2.12. The van der Waals surface area contributed by atoms with Crippen LogP contribution in [0.5, 0.6) is 5.75 Å². The van der Waals surface area contributed by atoms with Crippen LogP contribution in [-0.4, -0.2) is 11.5 Å². The van der Waals surface area contributed by atoms with E-state index >= 15 is 0 Å². The van der Waals surface area contributed by atoms with Gasteiger partial charge in [0.2, 0.25) is 0 Å². The number of ether oxygens (including phenoxy) is 1. The molecular weight excluding hydrogens is 352 g/mol. The van der Waals surface area contributed by atoms with E-state index < -0.39 is 0 Å². The molecule has 0 aliphatic rings. The third-order valence-corrected chi connectivity index (χ3v) is 3.38. The van der Waals surface area contributed by atoms with Crippen molar-refractivity contribution in [3.63, 3.8) is 0 Å². The lowest BCUT2D eigenvalue weighted by atomic mass is 10.2. The van der Waals surface area contributed by atoms with E-state index in [4.69, 9.17) is 4.74 Å². The van der Waals surface area contributed by atoms with E-state index in [0.29, 0.717) is 6.61 Å². The van der Waals surface area contributed by atoms with E-state index in [1.807, 2.05) is 30.5 Å². The van der Waals surface area contributed by atoms with Crippen molar-refractivity contribution < 1.29 is 4.74 Å². The van der Waals surface area contributed by atoms with E-state index in [0.717, 1.165) is 40.9 Å². The lowest BCUT2D eigenvalue weighted by Crippen LogP contribution is -2.14. The Balaban J connectivity index is 0.00000220. The largest absolute Gasteiger partial charge is 0.489 e. The number of hydrogen-bond donors (Lipinski definition) is 1. The van der Waals surface area contributed by atoms with Gasteiger partial charge in [-0.2, -0.15) is 0 Å². The lowest BCUT2D eigenvalue weighted by molar-refractivity contribution is 0.301. The molecule has 3 nitrogen and oxygen atoms in total. The maximum Gasteiger partial charge on any atom is 0.124 e. The number of hydrogen-bond acceptors (Lipinski definition) is 3. The smallest absolute Gasteiger partial charge is 0.124 e. The molecule has 1 N–H and O–H groups in total. The summed E-state index contributed by atoms with van der Waals surface area (Å²) in [5, 5.41) is 3.40. The van der Waals surface area contributed by atoms with Gasteiger partial charge < -0.3 is 10.1 Å². The SMILES string of the molecule is CCCNCc1cc(Br)ccc1OCc1cccnc1.Cl. The summed E-state index contributed by atoms with van der Waals surface area (Å²) in [5.41, 5.74) is 2.24. The molecule has 0 spiro atoms. The fraction of sp³-hybridized carbons (Fsp3) is 0.312. The van der Waals surface area contributed by atoms with Gasteiger partial charge in [-0.05, 0) is 37.2 Å². The summed E-state index contributed by atoms with van der Waals surface area (Å²) in [4.78, 5) is 4.09. The second-order valence-electron chi connectivity index (χ2n) is 4.58. The zero-order valence-electron chi connectivity index (χ0n) is 12.0. The molecule has 21 heavy (non-hydrogen) atoms. The molecule has 1 aromatic carbocycles. The minimum absolute atomic E-state index is 0. The molecule has 0 fully saturated rings. The van der Waals surface area contributed by atoms with E-state index in [2.05, 4.69) is 39.2 Å². The summed E-state index contributed by atoms with van der Waals surface area (Å²) in [6, 6.07) is 10.0. The van der Waals surface area contributed by atoms with Gasteiger partial charge in [0.1, 0.15) is 12.4 Å². The third kappa shape index (κ3) is 6.04. The van der Waals surface area contributed by atoms with Crippen LogP contribution in [-0.2, 0) is 13.2 Å². The summed E-state index contributed by atoms with van der Waals surface area (Å²) < 4.78 is 6.98. The number of rotatable bonds is 7. The van der Waals surface area contributed by atoms with Crippen molar-refractivity contribution in [2.45, 2.75) is 26.5 Å². The van der Waals surface area contributed by atoms with Gasteiger partial charge in [-0.15, -0.1) is 12.4 Å².